The Morgan fingerprint density at radius 1 is 0.750 bits per heavy atom. The number of hydrogen-bond donors (Lipinski definition) is 0. The number of methoxy groups -OCH3 is 4. The van der Waals surface area contributed by atoms with Gasteiger partial charge in [0.05, 0.1) is 39.4 Å². The highest BCUT2D eigenvalue weighted by Gasteiger charge is 2.20. The summed E-state index contributed by atoms with van der Waals surface area (Å²) in [5.41, 5.74) is 0.0463. The van der Waals surface area contributed by atoms with Crippen LogP contribution in [0.5, 0.6) is 40.2 Å². The van der Waals surface area contributed by atoms with E-state index in [1.807, 2.05) is 0 Å². The average molecular weight is 492 g/mol. The standard InChI is InChI=1S/C27H24O9/c1-15-25(36-20-9-7-6-8-19(20)30-2)24(28)18-11-10-17(14-21(18)34-15)35-27(29)16-12-22(31-3)26(33-5)23(13-16)32-4/h6-14H,1-5H3. The number of benzene rings is 3. The van der Waals surface area contributed by atoms with Crippen molar-refractivity contribution in [2.45, 2.75) is 6.92 Å². The summed E-state index contributed by atoms with van der Waals surface area (Å²) < 4.78 is 38.3. The van der Waals surface area contributed by atoms with Gasteiger partial charge in [-0.2, -0.15) is 0 Å². The monoisotopic (exact) mass is 492 g/mol. The second-order valence-electron chi connectivity index (χ2n) is 7.53. The van der Waals surface area contributed by atoms with Crippen LogP contribution in [0.3, 0.4) is 0 Å². The largest absolute Gasteiger partial charge is 0.493 e. The summed E-state index contributed by atoms with van der Waals surface area (Å²) in [6.45, 7) is 1.61. The molecule has 0 N–H and O–H groups in total. The number of hydrogen-bond acceptors (Lipinski definition) is 9. The molecule has 0 amide bonds. The van der Waals surface area contributed by atoms with E-state index in [4.69, 9.17) is 32.8 Å². The third kappa shape index (κ3) is 4.63. The van der Waals surface area contributed by atoms with Crippen molar-refractivity contribution in [3.63, 3.8) is 0 Å². The molecular weight excluding hydrogens is 468 g/mol. The lowest BCUT2D eigenvalue weighted by atomic mass is 10.1. The molecule has 0 aliphatic heterocycles. The number of ether oxygens (including phenoxy) is 6. The fourth-order valence-corrected chi connectivity index (χ4v) is 3.63. The summed E-state index contributed by atoms with van der Waals surface area (Å²) in [6.07, 6.45) is 0. The maximum Gasteiger partial charge on any atom is 0.343 e. The van der Waals surface area contributed by atoms with Gasteiger partial charge in [-0.05, 0) is 43.3 Å². The Bertz CT molecular complexity index is 1460. The van der Waals surface area contributed by atoms with Gasteiger partial charge in [0.1, 0.15) is 17.1 Å². The molecule has 4 aromatic rings. The molecule has 9 heteroatoms. The van der Waals surface area contributed by atoms with Gasteiger partial charge in [-0.3, -0.25) is 4.79 Å². The van der Waals surface area contributed by atoms with Crippen LogP contribution in [0.2, 0.25) is 0 Å². The van der Waals surface area contributed by atoms with Crippen LogP contribution in [0.15, 0.2) is 63.8 Å². The number of carbonyl (C=O) groups is 1. The second-order valence-corrected chi connectivity index (χ2v) is 7.53. The first-order chi connectivity index (χ1) is 17.4. The van der Waals surface area contributed by atoms with Crippen molar-refractivity contribution < 1.29 is 37.6 Å². The molecule has 3 aromatic carbocycles. The molecule has 0 fully saturated rings. The van der Waals surface area contributed by atoms with Crippen LogP contribution >= 0.6 is 0 Å². The van der Waals surface area contributed by atoms with Crippen LogP contribution in [-0.2, 0) is 0 Å². The Morgan fingerprint density at radius 3 is 2.00 bits per heavy atom. The first-order valence-electron chi connectivity index (χ1n) is 10.8. The predicted molar refractivity (Wildman–Crippen MR) is 131 cm³/mol. The first-order valence-corrected chi connectivity index (χ1v) is 10.8. The van der Waals surface area contributed by atoms with E-state index in [-0.39, 0.29) is 39.2 Å². The zero-order valence-electron chi connectivity index (χ0n) is 20.4. The Kier molecular flexibility index (Phi) is 7.00. The molecular formula is C27H24O9. The Hall–Kier alpha value is -4.66. The van der Waals surface area contributed by atoms with Crippen molar-refractivity contribution >= 4 is 16.9 Å². The minimum absolute atomic E-state index is 0.0363. The fourth-order valence-electron chi connectivity index (χ4n) is 3.63. The van der Waals surface area contributed by atoms with Gasteiger partial charge in [0, 0.05) is 6.07 Å². The average Bonchev–Trinajstić information content (AvgIpc) is 2.90. The van der Waals surface area contributed by atoms with Crippen LogP contribution in [0.4, 0.5) is 0 Å². The highest BCUT2D eigenvalue weighted by Crippen LogP contribution is 2.38. The fraction of sp³-hybridized carbons (Fsp3) is 0.185. The van der Waals surface area contributed by atoms with E-state index >= 15 is 0 Å². The number of para-hydroxylation sites is 2. The van der Waals surface area contributed by atoms with Gasteiger partial charge in [0.25, 0.3) is 0 Å². The summed E-state index contributed by atoms with van der Waals surface area (Å²) in [7, 11) is 5.88. The molecule has 0 aliphatic carbocycles. The smallest absolute Gasteiger partial charge is 0.343 e. The van der Waals surface area contributed by atoms with E-state index in [9.17, 15) is 9.59 Å². The van der Waals surface area contributed by atoms with Crippen LogP contribution in [0, 0.1) is 6.92 Å². The molecule has 0 spiro atoms. The van der Waals surface area contributed by atoms with E-state index in [0.717, 1.165) is 0 Å². The predicted octanol–water partition coefficient (Wildman–Crippen LogP) is 5.15. The summed E-state index contributed by atoms with van der Waals surface area (Å²) in [5, 5.41) is 0.262. The number of carbonyl (C=O) groups excluding carboxylic acids is 1. The van der Waals surface area contributed by atoms with Crippen LogP contribution < -0.4 is 33.8 Å². The van der Waals surface area contributed by atoms with Crippen molar-refractivity contribution in [3.05, 3.63) is 76.1 Å². The summed E-state index contributed by atoms with van der Waals surface area (Å²) in [6, 6.07) is 14.4. The molecule has 186 valence electrons. The second kappa shape index (κ2) is 10.3. The van der Waals surface area contributed by atoms with Crippen LogP contribution in [0.1, 0.15) is 16.1 Å². The van der Waals surface area contributed by atoms with Crippen molar-refractivity contribution in [2.75, 3.05) is 28.4 Å². The number of fused-ring (bicyclic) bond motifs is 1. The third-order valence-corrected chi connectivity index (χ3v) is 5.38. The highest BCUT2D eigenvalue weighted by atomic mass is 16.5. The van der Waals surface area contributed by atoms with E-state index in [2.05, 4.69) is 0 Å². The number of esters is 1. The molecule has 0 bridgehead atoms. The van der Waals surface area contributed by atoms with Gasteiger partial charge < -0.3 is 32.8 Å². The lowest BCUT2D eigenvalue weighted by Crippen LogP contribution is -2.11. The van der Waals surface area contributed by atoms with Gasteiger partial charge in [-0.1, -0.05) is 12.1 Å². The van der Waals surface area contributed by atoms with Gasteiger partial charge in [-0.15, -0.1) is 0 Å². The lowest BCUT2D eigenvalue weighted by Gasteiger charge is -2.14. The molecule has 0 atom stereocenters. The summed E-state index contributed by atoms with van der Waals surface area (Å²) >= 11 is 0. The van der Waals surface area contributed by atoms with Gasteiger partial charge in [0.15, 0.2) is 23.0 Å². The number of aryl methyl sites for hydroxylation is 1. The first kappa shape index (κ1) is 24.5. The molecule has 1 aromatic heterocycles. The third-order valence-electron chi connectivity index (χ3n) is 5.38. The van der Waals surface area contributed by atoms with Gasteiger partial charge in [0.2, 0.25) is 16.9 Å². The maximum atomic E-state index is 13.1. The molecule has 0 radical (unpaired) electrons. The molecule has 0 unspecified atom stereocenters. The van der Waals surface area contributed by atoms with Crippen LogP contribution in [-0.4, -0.2) is 34.4 Å². The quantitative estimate of drug-likeness (QED) is 0.244. The minimum atomic E-state index is -0.663. The Labute approximate surface area is 206 Å². The maximum absolute atomic E-state index is 13.1. The SMILES string of the molecule is COc1ccccc1Oc1c(C)oc2cc(OC(=O)c3cc(OC)c(OC)c(OC)c3)ccc2c1=O. The minimum Gasteiger partial charge on any atom is -0.493 e. The van der Waals surface area contributed by atoms with Crippen molar-refractivity contribution in [3.8, 4) is 40.2 Å². The highest BCUT2D eigenvalue weighted by molar-refractivity contribution is 5.93. The molecule has 4 rings (SSSR count). The Morgan fingerprint density at radius 2 is 1.39 bits per heavy atom. The van der Waals surface area contributed by atoms with Crippen molar-refractivity contribution in [1.29, 1.82) is 0 Å². The zero-order valence-corrected chi connectivity index (χ0v) is 20.4. The molecule has 0 saturated heterocycles. The normalized spacial score (nSPS) is 10.6. The van der Waals surface area contributed by atoms with Gasteiger partial charge in [-0.25, -0.2) is 4.79 Å². The molecule has 36 heavy (non-hydrogen) atoms. The van der Waals surface area contributed by atoms with E-state index < -0.39 is 5.97 Å². The topological polar surface area (TPSA) is 103 Å². The Balaban J connectivity index is 1.65. The zero-order chi connectivity index (χ0) is 25.8. The van der Waals surface area contributed by atoms with Gasteiger partial charge >= 0.3 is 5.97 Å². The van der Waals surface area contributed by atoms with Crippen LogP contribution in [0.25, 0.3) is 11.0 Å². The van der Waals surface area contributed by atoms with E-state index in [1.54, 1.807) is 31.2 Å². The van der Waals surface area contributed by atoms with Crippen molar-refractivity contribution in [1.82, 2.24) is 0 Å². The van der Waals surface area contributed by atoms with E-state index in [0.29, 0.717) is 28.7 Å². The molecule has 9 nitrogen and oxygen atoms in total. The molecule has 0 saturated carbocycles. The lowest BCUT2D eigenvalue weighted by molar-refractivity contribution is 0.0734. The molecule has 1 heterocycles. The van der Waals surface area contributed by atoms with Crippen molar-refractivity contribution in [2.24, 2.45) is 0 Å². The summed E-state index contributed by atoms with van der Waals surface area (Å²) in [4.78, 5) is 26.0. The summed E-state index contributed by atoms with van der Waals surface area (Å²) in [5.74, 6) is 1.64. The molecule has 0 aliphatic rings. The van der Waals surface area contributed by atoms with E-state index in [1.165, 1.54) is 58.8 Å². The number of rotatable bonds is 8.